The van der Waals surface area contributed by atoms with E-state index in [9.17, 15) is 14.4 Å². The summed E-state index contributed by atoms with van der Waals surface area (Å²) in [5, 5.41) is 0. The first-order chi connectivity index (χ1) is 12.8. The van der Waals surface area contributed by atoms with Gasteiger partial charge in [-0.1, -0.05) is 34.6 Å². The van der Waals surface area contributed by atoms with E-state index >= 15 is 0 Å². The molecule has 4 fully saturated rings. The molecule has 2 aliphatic heterocycles. The molecule has 0 amide bonds. The Morgan fingerprint density at radius 3 is 2.43 bits per heavy atom. The highest BCUT2D eigenvalue weighted by atomic mass is 16.6. The zero-order valence-corrected chi connectivity index (χ0v) is 18.2. The van der Waals surface area contributed by atoms with E-state index in [0.29, 0.717) is 19.3 Å². The maximum absolute atomic E-state index is 13.5. The van der Waals surface area contributed by atoms with Crippen LogP contribution in [0.2, 0.25) is 0 Å². The SMILES string of the molecule is COC(=O)C1C2C(=O)OCC3(OC(=O)C(C)(CC(C)(C)C)C(C)C)CC2CC13. The highest BCUT2D eigenvalue weighted by Gasteiger charge is 2.69. The minimum absolute atomic E-state index is 0.00447. The van der Waals surface area contributed by atoms with E-state index in [-0.39, 0.29) is 41.7 Å². The number of carbonyl (C=O) groups excluding carboxylic acids is 3. The summed E-state index contributed by atoms with van der Waals surface area (Å²) in [4.78, 5) is 38.4. The Morgan fingerprint density at radius 2 is 1.89 bits per heavy atom. The van der Waals surface area contributed by atoms with Gasteiger partial charge in [0.05, 0.1) is 24.4 Å². The Hall–Kier alpha value is -1.59. The molecule has 4 rings (SSSR count). The van der Waals surface area contributed by atoms with Crippen molar-refractivity contribution >= 4 is 17.9 Å². The summed E-state index contributed by atoms with van der Waals surface area (Å²) in [5.41, 5.74) is -1.62. The second-order valence-electron chi connectivity index (χ2n) is 10.8. The topological polar surface area (TPSA) is 78.9 Å². The van der Waals surface area contributed by atoms with Gasteiger partial charge in [-0.2, -0.15) is 0 Å². The lowest BCUT2D eigenvalue weighted by Gasteiger charge is -2.43. The van der Waals surface area contributed by atoms with Crippen LogP contribution in [0.4, 0.5) is 0 Å². The molecule has 0 radical (unpaired) electrons. The lowest BCUT2D eigenvalue weighted by molar-refractivity contribution is -0.192. The monoisotopic (exact) mass is 394 g/mol. The van der Waals surface area contributed by atoms with Crippen molar-refractivity contribution in [3.8, 4) is 0 Å². The van der Waals surface area contributed by atoms with E-state index < -0.39 is 28.8 Å². The zero-order chi connectivity index (χ0) is 21.1. The Balaban J connectivity index is 1.91. The van der Waals surface area contributed by atoms with E-state index in [1.54, 1.807) is 0 Å². The van der Waals surface area contributed by atoms with Gasteiger partial charge in [-0.15, -0.1) is 0 Å². The van der Waals surface area contributed by atoms with Gasteiger partial charge in [-0.05, 0) is 43.4 Å². The molecular weight excluding hydrogens is 360 g/mol. The van der Waals surface area contributed by atoms with Crippen molar-refractivity contribution in [3.05, 3.63) is 0 Å². The number of fused-ring (bicyclic) bond motifs is 2. The molecule has 2 saturated carbocycles. The lowest BCUT2D eigenvalue weighted by Crippen LogP contribution is -2.52. The minimum Gasteiger partial charge on any atom is -0.469 e. The van der Waals surface area contributed by atoms with Crippen LogP contribution < -0.4 is 0 Å². The Labute approximate surface area is 167 Å². The molecule has 28 heavy (non-hydrogen) atoms. The van der Waals surface area contributed by atoms with Gasteiger partial charge >= 0.3 is 17.9 Å². The molecule has 2 saturated heterocycles. The van der Waals surface area contributed by atoms with E-state index in [1.165, 1.54) is 7.11 Å². The number of ether oxygens (including phenoxy) is 3. The molecule has 6 unspecified atom stereocenters. The largest absolute Gasteiger partial charge is 0.469 e. The van der Waals surface area contributed by atoms with Crippen molar-refractivity contribution in [1.82, 2.24) is 0 Å². The average Bonchev–Trinajstić information content (AvgIpc) is 3.05. The normalized spacial score (nSPS) is 36.1. The summed E-state index contributed by atoms with van der Waals surface area (Å²) < 4.78 is 16.7. The Bertz CT molecular complexity index is 677. The fraction of sp³-hybridized carbons (Fsp3) is 0.864. The molecule has 6 nitrogen and oxygen atoms in total. The molecule has 0 spiro atoms. The number of carbonyl (C=O) groups is 3. The standard InChI is InChI=1S/C22H34O6/c1-12(2)21(6,10-20(3,4)5)19(25)28-22-9-13-8-14(22)16(17(23)26-7)15(13)18(24)27-11-22/h12-16H,8-11H2,1-7H3. The van der Waals surface area contributed by atoms with Crippen LogP contribution in [0, 0.1) is 40.4 Å². The summed E-state index contributed by atoms with van der Waals surface area (Å²) in [7, 11) is 1.33. The van der Waals surface area contributed by atoms with E-state index in [4.69, 9.17) is 14.2 Å². The van der Waals surface area contributed by atoms with Crippen LogP contribution in [0.25, 0.3) is 0 Å². The van der Waals surface area contributed by atoms with Gasteiger partial charge in [-0.3, -0.25) is 14.4 Å². The Kier molecular flexibility index (Phi) is 5.08. The number of hydrogen-bond donors (Lipinski definition) is 0. The second-order valence-corrected chi connectivity index (χ2v) is 10.8. The van der Waals surface area contributed by atoms with E-state index in [0.717, 1.165) is 0 Å². The van der Waals surface area contributed by atoms with Crippen molar-refractivity contribution in [2.45, 2.75) is 66.4 Å². The van der Waals surface area contributed by atoms with Gasteiger partial charge in [-0.25, -0.2) is 0 Å². The minimum atomic E-state index is -0.919. The molecule has 2 aliphatic carbocycles. The molecular formula is C22H34O6. The lowest BCUT2D eigenvalue weighted by atomic mass is 9.68. The molecule has 4 bridgehead atoms. The smallest absolute Gasteiger partial charge is 0.312 e. The predicted molar refractivity (Wildman–Crippen MR) is 102 cm³/mol. The molecule has 2 heterocycles. The fourth-order valence-electron chi connectivity index (χ4n) is 5.81. The first-order valence-electron chi connectivity index (χ1n) is 10.3. The van der Waals surface area contributed by atoms with Crippen LogP contribution in [-0.4, -0.2) is 37.2 Å². The van der Waals surface area contributed by atoms with Crippen LogP contribution in [0.3, 0.4) is 0 Å². The van der Waals surface area contributed by atoms with Gasteiger partial charge in [0.2, 0.25) is 0 Å². The van der Waals surface area contributed by atoms with Crippen LogP contribution in [0.5, 0.6) is 0 Å². The summed E-state index contributed by atoms with van der Waals surface area (Å²) >= 11 is 0. The van der Waals surface area contributed by atoms with Crippen molar-refractivity contribution in [2.75, 3.05) is 13.7 Å². The highest BCUT2D eigenvalue weighted by Crippen LogP contribution is 2.61. The van der Waals surface area contributed by atoms with Crippen LogP contribution in [0.1, 0.15) is 60.8 Å². The molecule has 0 aromatic heterocycles. The summed E-state index contributed by atoms with van der Waals surface area (Å²) in [6, 6.07) is 0. The van der Waals surface area contributed by atoms with Crippen molar-refractivity contribution in [2.24, 2.45) is 40.4 Å². The molecule has 158 valence electrons. The van der Waals surface area contributed by atoms with E-state index in [1.807, 2.05) is 20.8 Å². The molecule has 0 N–H and O–H groups in total. The van der Waals surface area contributed by atoms with Crippen molar-refractivity contribution < 1.29 is 28.6 Å². The van der Waals surface area contributed by atoms with Crippen molar-refractivity contribution in [1.29, 1.82) is 0 Å². The zero-order valence-electron chi connectivity index (χ0n) is 18.2. The summed E-state index contributed by atoms with van der Waals surface area (Å²) in [6.45, 7) is 12.4. The quantitative estimate of drug-likeness (QED) is 0.525. The van der Waals surface area contributed by atoms with Crippen molar-refractivity contribution in [3.63, 3.8) is 0 Å². The first-order valence-corrected chi connectivity index (χ1v) is 10.3. The van der Waals surface area contributed by atoms with Gasteiger partial charge in [0.1, 0.15) is 12.2 Å². The molecule has 6 heteroatoms. The third-order valence-electron chi connectivity index (χ3n) is 7.31. The van der Waals surface area contributed by atoms with Gasteiger partial charge in [0.15, 0.2) is 0 Å². The molecule has 0 aromatic rings. The van der Waals surface area contributed by atoms with Crippen LogP contribution in [0.15, 0.2) is 0 Å². The number of esters is 3. The summed E-state index contributed by atoms with van der Waals surface area (Å²) in [6.07, 6.45) is 1.96. The molecule has 0 aromatic carbocycles. The fourth-order valence-corrected chi connectivity index (χ4v) is 5.81. The van der Waals surface area contributed by atoms with E-state index in [2.05, 4.69) is 20.8 Å². The Morgan fingerprint density at radius 1 is 1.25 bits per heavy atom. The maximum atomic E-state index is 13.5. The first kappa shape index (κ1) is 21.1. The number of rotatable bonds is 5. The third-order valence-corrected chi connectivity index (χ3v) is 7.31. The maximum Gasteiger partial charge on any atom is 0.312 e. The van der Waals surface area contributed by atoms with Crippen LogP contribution in [-0.2, 0) is 28.6 Å². The van der Waals surface area contributed by atoms with Gasteiger partial charge in [0.25, 0.3) is 0 Å². The van der Waals surface area contributed by atoms with Gasteiger partial charge < -0.3 is 14.2 Å². The number of hydrogen-bond acceptors (Lipinski definition) is 6. The third kappa shape index (κ3) is 3.22. The average molecular weight is 395 g/mol. The van der Waals surface area contributed by atoms with Gasteiger partial charge in [0, 0.05) is 5.92 Å². The molecule has 4 aliphatic rings. The second kappa shape index (κ2) is 6.74. The highest BCUT2D eigenvalue weighted by molar-refractivity contribution is 5.85. The molecule has 6 atom stereocenters. The predicted octanol–water partition coefficient (Wildman–Crippen LogP) is 3.37. The summed E-state index contributed by atoms with van der Waals surface area (Å²) in [5.74, 6) is -2.22. The van der Waals surface area contributed by atoms with Crippen LogP contribution >= 0.6 is 0 Å². The number of methoxy groups -OCH3 is 1.